The predicted octanol–water partition coefficient (Wildman–Crippen LogP) is 2.94. The first kappa shape index (κ1) is 20.1. The van der Waals surface area contributed by atoms with Crippen LogP contribution in [0.1, 0.15) is 24.2 Å². The van der Waals surface area contributed by atoms with E-state index in [9.17, 15) is 17.6 Å². The number of hydrogen-bond donors (Lipinski definition) is 2. The highest BCUT2D eigenvalue weighted by Crippen LogP contribution is 2.27. The molecule has 2 aromatic rings. The molecule has 0 amide bonds. The molecule has 2 atom stereocenters. The fourth-order valence-electron chi connectivity index (χ4n) is 3.19. The third kappa shape index (κ3) is 4.42. The van der Waals surface area contributed by atoms with Crippen LogP contribution in [0.25, 0.3) is 0 Å². The molecule has 0 aromatic heterocycles. The molecule has 150 valence electrons. The minimum Gasteiger partial charge on any atom is -0.478 e. The van der Waals surface area contributed by atoms with Crippen molar-refractivity contribution < 1.29 is 27.4 Å². The Morgan fingerprint density at radius 3 is 2.29 bits per heavy atom. The summed E-state index contributed by atoms with van der Waals surface area (Å²) < 4.78 is 47.5. The second-order valence-electron chi connectivity index (χ2n) is 6.76. The third-order valence-corrected chi connectivity index (χ3v) is 5.77. The summed E-state index contributed by atoms with van der Waals surface area (Å²) >= 11 is 0. The first-order chi connectivity index (χ1) is 13.2. The van der Waals surface area contributed by atoms with E-state index in [1.807, 2.05) is 18.7 Å². The van der Waals surface area contributed by atoms with Crippen LogP contribution in [-0.2, 0) is 14.8 Å². The molecule has 0 aliphatic carbocycles. The second kappa shape index (κ2) is 7.76. The average molecular weight is 408 g/mol. The standard InChI is InChI=1S/C19H21FN2O5S/c1-12-10-22(11-13(2)27-12)18-8-5-15(9-17(18)20)21-28(25,26)16-6-3-14(4-7-16)19(23)24/h3-9,12-13,21H,10-11H2,1-2H3,(H,23,24). The normalized spacial score (nSPS) is 20.0. The van der Waals surface area contributed by atoms with E-state index in [4.69, 9.17) is 9.84 Å². The smallest absolute Gasteiger partial charge is 0.335 e. The Kier molecular flexibility index (Phi) is 5.57. The minimum absolute atomic E-state index is 0.0247. The van der Waals surface area contributed by atoms with Gasteiger partial charge in [0.05, 0.1) is 34.0 Å². The van der Waals surface area contributed by atoms with Crippen molar-refractivity contribution in [2.75, 3.05) is 22.7 Å². The summed E-state index contributed by atoms with van der Waals surface area (Å²) in [6, 6.07) is 8.92. The highest BCUT2D eigenvalue weighted by Gasteiger charge is 2.24. The van der Waals surface area contributed by atoms with E-state index in [0.29, 0.717) is 18.8 Å². The summed E-state index contributed by atoms with van der Waals surface area (Å²) in [7, 11) is -3.97. The van der Waals surface area contributed by atoms with E-state index in [0.717, 1.165) is 6.07 Å². The molecule has 0 radical (unpaired) electrons. The molecule has 2 aromatic carbocycles. The topological polar surface area (TPSA) is 95.9 Å². The summed E-state index contributed by atoms with van der Waals surface area (Å²) in [6.07, 6.45) is -0.0646. The van der Waals surface area contributed by atoms with Crippen molar-refractivity contribution in [3.63, 3.8) is 0 Å². The number of carbonyl (C=O) groups is 1. The van der Waals surface area contributed by atoms with Crippen molar-refractivity contribution in [3.8, 4) is 0 Å². The molecule has 2 N–H and O–H groups in total. The van der Waals surface area contributed by atoms with Gasteiger partial charge in [-0.15, -0.1) is 0 Å². The SMILES string of the molecule is CC1CN(c2ccc(NS(=O)(=O)c3ccc(C(=O)O)cc3)cc2F)CC(C)O1. The molecule has 1 fully saturated rings. The van der Waals surface area contributed by atoms with Gasteiger partial charge in [0.2, 0.25) is 0 Å². The van der Waals surface area contributed by atoms with Gasteiger partial charge < -0.3 is 14.7 Å². The summed E-state index contributed by atoms with van der Waals surface area (Å²) in [5.41, 5.74) is 0.442. The number of sulfonamides is 1. The van der Waals surface area contributed by atoms with Gasteiger partial charge >= 0.3 is 5.97 Å². The van der Waals surface area contributed by atoms with E-state index >= 15 is 0 Å². The summed E-state index contributed by atoms with van der Waals surface area (Å²) in [6.45, 7) is 4.92. The van der Waals surface area contributed by atoms with Crippen molar-refractivity contribution in [2.24, 2.45) is 0 Å². The number of benzene rings is 2. The number of halogens is 1. The minimum atomic E-state index is -3.97. The van der Waals surface area contributed by atoms with Crippen LogP contribution in [-0.4, -0.2) is 44.8 Å². The van der Waals surface area contributed by atoms with Gasteiger partial charge in [-0.3, -0.25) is 4.72 Å². The molecule has 0 spiro atoms. The van der Waals surface area contributed by atoms with Gasteiger partial charge in [0, 0.05) is 19.2 Å². The van der Waals surface area contributed by atoms with Crippen LogP contribution < -0.4 is 9.62 Å². The van der Waals surface area contributed by atoms with Crippen LogP contribution in [0.15, 0.2) is 47.4 Å². The number of carboxylic acid groups (broad SMARTS) is 1. The van der Waals surface area contributed by atoms with Gasteiger partial charge in [-0.25, -0.2) is 17.6 Å². The molecule has 9 heteroatoms. The molecule has 1 saturated heterocycles. The maximum atomic E-state index is 14.6. The average Bonchev–Trinajstić information content (AvgIpc) is 2.60. The number of rotatable bonds is 5. The van der Waals surface area contributed by atoms with E-state index in [1.165, 1.54) is 36.4 Å². The number of morpholine rings is 1. The highest BCUT2D eigenvalue weighted by atomic mass is 32.2. The zero-order valence-electron chi connectivity index (χ0n) is 15.4. The lowest BCUT2D eigenvalue weighted by Gasteiger charge is -2.37. The van der Waals surface area contributed by atoms with Gasteiger partial charge in [-0.1, -0.05) is 0 Å². The maximum Gasteiger partial charge on any atom is 0.335 e. The molecule has 28 heavy (non-hydrogen) atoms. The van der Waals surface area contributed by atoms with Crippen LogP contribution >= 0.6 is 0 Å². The van der Waals surface area contributed by atoms with Crippen molar-refractivity contribution in [3.05, 3.63) is 53.8 Å². The lowest BCUT2D eigenvalue weighted by atomic mass is 10.2. The molecule has 2 unspecified atom stereocenters. The predicted molar refractivity (Wildman–Crippen MR) is 103 cm³/mol. The van der Waals surface area contributed by atoms with E-state index in [1.54, 1.807) is 0 Å². The zero-order chi connectivity index (χ0) is 20.5. The maximum absolute atomic E-state index is 14.6. The van der Waals surface area contributed by atoms with Crippen LogP contribution in [0.2, 0.25) is 0 Å². The Labute approximate surface area is 162 Å². The Morgan fingerprint density at radius 1 is 1.14 bits per heavy atom. The number of nitrogens with one attached hydrogen (secondary N) is 1. The Balaban J connectivity index is 1.79. The van der Waals surface area contributed by atoms with Crippen LogP contribution in [0.4, 0.5) is 15.8 Å². The molecule has 3 rings (SSSR count). The fourth-order valence-corrected chi connectivity index (χ4v) is 4.24. The van der Waals surface area contributed by atoms with Crippen molar-refractivity contribution in [1.82, 2.24) is 0 Å². The molecule has 1 aliphatic heterocycles. The third-order valence-electron chi connectivity index (χ3n) is 4.37. The van der Waals surface area contributed by atoms with Crippen molar-refractivity contribution in [2.45, 2.75) is 31.0 Å². The van der Waals surface area contributed by atoms with Gasteiger partial charge in [-0.05, 0) is 50.2 Å². The fraction of sp³-hybridized carbons (Fsp3) is 0.316. The number of carboxylic acids is 1. The van der Waals surface area contributed by atoms with Crippen LogP contribution in [0.5, 0.6) is 0 Å². The Bertz CT molecular complexity index is 968. The van der Waals surface area contributed by atoms with E-state index in [-0.39, 0.29) is 28.4 Å². The first-order valence-electron chi connectivity index (χ1n) is 8.72. The summed E-state index contributed by atoms with van der Waals surface area (Å²) in [5, 5.41) is 8.89. The summed E-state index contributed by atoms with van der Waals surface area (Å²) in [4.78, 5) is 12.6. The zero-order valence-corrected chi connectivity index (χ0v) is 16.2. The molecule has 0 bridgehead atoms. The lowest BCUT2D eigenvalue weighted by Crippen LogP contribution is -2.45. The number of nitrogens with zero attached hydrogens (tertiary/aromatic N) is 1. The molecular weight excluding hydrogens is 387 g/mol. The van der Waals surface area contributed by atoms with Crippen LogP contribution in [0.3, 0.4) is 0 Å². The number of anilines is 2. The van der Waals surface area contributed by atoms with Crippen molar-refractivity contribution >= 4 is 27.4 Å². The molecule has 0 saturated carbocycles. The molecule has 7 nitrogen and oxygen atoms in total. The van der Waals surface area contributed by atoms with E-state index in [2.05, 4.69) is 4.72 Å². The van der Waals surface area contributed by atoms with Gasteiger partial charge in [0.15, 0.2) is 0 Å². The first-order valence-corrected chi connectivity index (χ1v) is 10.2. The van der Waals surface area contributed by atoms with Gasteiger partial charge in [0.1, 0.15) is 5.82 Å². The summed E-state index contributed by atoms with van der Waals surface area (Å²) in [5.74, 6) is -1.69. The number of hydrogen-bond acceptors (Lipinski definition) is 5. The highest BCUT2D eigenvalue weighted by molar-refractivity contribution is 7.92. The van der Waals surface area contributed by atoms with Crippen LogP contribution in [0, 0.1) is 5.82 Å². The molecule has 1 aliphatic rings. The Morgan fingerprint density at radius 2 is 1.75 bits per heavy atom. The van der Waals surface area contributed by atoms with E-state index < -0.39 is 21.8 Å². The Hall–Kier alpha value is -2.65. The quantitative estimate of drug-likeness (QED) is 0.790. The number of ether oxygens (including phenoxy) is 1. The van der Waals surface area contributed by atoms with Gasteiger partial charge in [0.25, 0.3) is 10.0 Å². The lowest BCUT2D eigenvalue weighted by molar-refractivity contribution is -0.00539. The molecular formula is C19H21FN2O5S. The number of aromatic carboxylic acids is 1. The van der Waals surface area contributed by atoms with Gasteiger partial charge in [-0.2, -0.15) is 0 Å². The monoisotopic (exact) mass is 408 g/mol. The largest absolute Gasteiger partial charge is 0.478 e. The second-order valence-corrected chi connectivity index (χ2v) is 8.45. The molecule has 1 heterocycles. The van der Waals surface area contributed by atoms with Crippen molar-refractivity contribution in [1.29, 1.82) is 0 Å².